The lowest BCUT2D eigenvalue weighted by Crippen LogP contribution is -2.50. The van der Waals surface area contributed by atoms with Gasteiger partial charge in [-0.2, -0.15) is 0 Å². The summed E-state index contributed by atoms with van der Waals surface area (Å²) in [6, 6.07) is 0. The standard InChI is InChI=1S/C24H44O2Si/c1-21(2,3)27(7,8)26-20-12-10-15-23(6)19(20)13-16-24(23)17-18(24)11-9-14-22(4,5)25/h9,11,18-20,25H,10,12-17H2,1-8H3/b11-9+/t18-,19-,20-,23-,24-/m0/s1. The van der Waals surface area contributed by atoms with Crippen molar-refractivity contribution in [3.05, 3.63) is 12.2 Å². The molecule has 0 aromatic rings. The fourth-order valence-corrected chi connectivity index (χ4v) is 7.43. The Kier molecular flexibility index (Phi) is 5.36. The first-order valence-corrected chi connectivity index (χ1v) is 14.2. The lowest BCUT2D eigenvalue weighted by Gasteiger charge is -2.49. The van der Waals surface area contributed by atoms with E-state index in [2.05, 4.69) is 52.9 Å². The third-order valence-electron chi connectivity index (χ3n) is 8.86. The Morgan fingerprint density at radius 2 is 1.78 bits per heavy atom. The van der Waals surface area contributed by atoms with Crippen molar-refractivity contribution < 1.29 is 9.53 Å². The third-order valence-corrected chi connectivity index (χ3v) is 13.4. The van der Waals surface area contributed by atoms with E-state index in [1.165, 1.54) is 38.5 Å². The molecule has 27 heavy (non-hydrogen) atoms. The highest BCUT2D eigenvalue weighted by Crippen LogP contribution is 2.76. The number of hydrogen-bond donors (Lipinski definition) is 1. The van der Waals surface area contributed by atoms with Gasteiger partial charge in [0.25, 0.3) is 0 Å². The van der Waals surface area contributed by atoms with Crippen LogP contribution in [0.2, 0.25) is 18.1 Å². The quantitative estimate of drug-likeness (QED) is 0.416. The molecular weight excluding hydrogens is 348 g/mol. The van der Waals surface area contributed by atoms with Crippen LogP contribution in [0.1, 0.15) is 86.5 Å². The highest BCUT2D eigenvalue weighted by molar-refractivity contribution is 6.74. The van der Waals surface area contributed by atoms with E-state index in [0.717, 1.165) is 18.3 Å². The Morgan fingerprint density at radius 1 is 1.11 bits per heavy atom. The number of allylic oxidation sites excluding steroid dienone is 1. The average Bonchev–Trinajstić information content (AvgIpc) is 3.10. The van der Waals surface area contributed by atoms with Gasteiger partial charge in [0.15, 0.2) is 8.32 Å². The Morgan fingerprint density at radius 3 is 2.37 bits per heavy atom. The summed E-state index contributed by atoms with van der Waals surface area (Å²) in [7, 11) is -1.71. The molecule has 3 aliphatic rings. The smallest absolute Gasteiger partial charge is 0.192 e. The van der Waals surface area contributed by atoms with Crippen LogP contribution in [0.3, 0.4) is 0 Å². The molecule has 0 unspecified atom stereocenters. The number of fused-ring (bicyclic) bond motifs is 2. The van der Waals surface area contributed by atoms with Gasteiger partial charge in [-0.25, -0.2) is 0 Å². The van der Waals surface area contributed by atoms with Crippen molar-refractivity contribution in [2.24, 2.45) is 22.7 Å². The minimum Gasteiger partial charge on any atom is -0.414 e. The van der Waals surface area contributed by atoms with Crippen LogP contribution in [0, 0.1) is 22.7 Å². The fraction of sp³-hybridized carbons (Fsp3) is 0.917. The SMILES string of the molecule is CC(C)(O)C/C=C/[C@H]1C[C@@]12CC[C@H]1[C@@H](O[Si](C)(C)C(C)(C)C)CCC[C@@]12C. The Balaban J connectivity index is 1.72. The van der Waals surface area contributed by atoms with Crippen LogP contribution in [0.15, 0.2) is 12.2 Å². The van der Waals surface area contributed by atoms with E-state index < -0.39 is 13.9 Å². The van der Waals surface area contributed by atoms with E-state index in [0.29, 0.717) is 22.0 Å². The minimum absolute atomic E-state index is 0.291. The van der Waals surface area contributed by atoms with Crippen LogP contribution in [0.5, 0.6) is 0 Å². The Bertz CT molecular complexity index is 582. The molecule has 0 aliphatic heterocycles. The van der Waals surface area contributed by atoms with E-state index in [1.807, 2.05) is 13.8 Å². The second-order valence-corrected chi connectivity index (χ2v) is 17.0. The molecule has 0 aromatic heterocycles. The van der Waals surface area contributed by atoms with Crippen molar-refractivity contribution in [1.82, 2.24) is 0 Å². The maximum atomic E-state index is 9.99. The minimum atomic E-state index is -1.71. The zero-order valence-electron chi connectivity index (χ0n) is 19.2. The first-order valence-electron chi connectivity index (χ1n) is 11.3. The third kappa shape index (κ3) is 3.85. The zero-order valence-corrected chi connectivity index (χ0v) is 20.2. The lowest BCUT2D eigenvalue weighted by atomic mass is 9.62. The van der Waals surface area contributed by atoms with Gasteiger partial charge in [-0.15, -0.1) is 0 Å². The van der Waals surface area contributed by atoms with E-state index in [9.17, 15) is 5.11 Å². The molecule has 0 bridgehead atoms. The summed E-state index contributed by atoms with van der Waals surface area (Å²) < 4.78 is 6.99. The van der Waals surface area contributed by atoms with Crippen LogP contribution in [0.4, 0.5) is 0 Å². The first kappa shape index (κ1) is 21.6. The van der Waals surface area contributed by atoms with Gasteiger partial charge >= 0.3 is 0 Å². The predicted molar refractivity (Wildman–Crippen MR) is 117 cm³/mol. The molecule has 0 aromatic carbocycles. The summed E-state index contributed by atoms with van der Waals surface area (Å²) in [5, 5.41) is 10.3. The van der Waals surface area contributed by atoms with Crippen LogP contribution < -0.4 is 0 Å². The van der Waals surface area contributed by atoms with E-state index >= 15 is 0 Å². The second kappa shape index (κ2) is 6.70. The summed E-state index contributed by atoms with van der Waals surface area (Å²) in [6.45, 7) is 18.3. The number of aliphatic hydroxyl groups is 1. The van der Waals surface area contributed by atoms with E-state index in [4.69, 9.17) is 4.43 Å². The molecule has 1 spiro atoms. The van der Waals surface area contributed by atoms with Crippen molar-refractivity contribution in [2.45, 2.75) is 116 Å². The van der Waals surface area contributed by atoms with Gasteiger partial charge in [0.05, 0.1) is 5.60 Å². The molecule has 156 valence electrons. The summed E-state index contributed by atoms with van der Waals surface area (Å²) in [5.74, 6) is 1.47. The Labute approximate surface area is 169 Å². The summed E-state index contributed by atoms with van der Waals surface area (Å²) in [6.07, 6.45) is 14.0. The van der Waals surface area contributed by atoms with E-state index in [1.54, 1.807) is 0 Å². The van der Waals surface area contributed by atoms with Gasteiger partial charge in [-0.3, -0.25) is 0 Å². The van der Waals surface area contributed by atoms with Crippen molar-refractivity contribution in [3.8, 4) is 0 Å². The summed E-state index contributed by atoms with van der Waals surface area (Å²) in [4.78, 5) is 0. The molecule has 3 aliphatic carbocycles. The van der Waals surface area contributed by atoms with Crippen LogP contribution in [0.25, 0.3) is 0 Å². The van der Waals surface area contributed by atoms with Gasteiger partial charge in [-0.05, 0) is 93.2 Å². The molecule has 0 heterocycles. The summed E-state index contributed by atoms with van der Waals surface area (Å²) in [5.41, 5.74) is 0.374. The van der Waals surface area contributed by atoms with Gasteiger partial charge < -0.3 is 9.53 Å². The van der Waals surface area contributed by atoms with Crippen LogP contribution in [-0.2, 0) is 4.43 Å². The zero-order chi connectivity index (χ0) is 20.3. The molecule has 3 saturated carbocycles. The molecule has 3 heteroatoms. The lowest BCUT2D eigenvalue weighted by molar-refractivity contribution is -0.0187. The van der Waals surface area contributed by atoms with Crippen molar-refractivity contribution in [1.29, 1.82) is 0 Å². The molecule has 0 amide bonds. The van der Waals surface area contributed by atoms with E-state index in [-0.39, 0.29) is 0 Å². The topological polar surface area (TPSA) is 29.5 Å². The maximum absolute atomic E-state index is 9.99. The number of hydrogen-bond acceptors (Lipinski definition) is 2. The highest BCUT2D eigenvalue weighted by Gasteiger charge is 2.70. The first-order chi connectivity index (χ1) is 12.2. The molecule has 5 atom stereocenters. The second-order valence-electron chi connectivity index (χ2n) is 12.3. The molecule has 2 nitrogen and oxygen atoms in total. The molecular formula is C24H44O2Si. The summed E-state index contributed by atoms with van der Waals surface area (Å²) >= 11 is 0. The molecule has 0 saturated heterocycles. The molecule has 0 radical (unpaired) electrons. The van der Waals surface area contributed by atoms with Crippen molar-refractivity contribution in [2.75, 3.05) is 0 Å². The van der Waals surface area contributed by atoms with Crippen molar-refractivity contribution in [3.63, 3.8) is 0 Å². The monoisotopic (exact) mass is 392 g/mol. The fourth-order valence-electron chi connectivity index (χ4n) is 6.04. The normalized spacial score (nSPS) is 40.0. The van der Waals surface area contributed by atoms with Crippen molar-refractivity contribution >= 4 is 8.32 Å². The van der Waals surface area contributed by atoms with Gasteiger partial charge in [0, 0.05) is 6.10 Å². The van der Waals surface area contributed by atoms with Crippen LogP contribution in [-0.4, -0.2) is 25.1 Å². The molecule has 1 N–H and O–H groups in total. The van der Waals surface area contributed by atoms with Gasteiger partial charge in [-0.1, -0.05) is 46.3 Å². The molecule has 3 fully saturated rings. The van der Waals surface area contributed by atoms with Gasteiger partial charge in [0.1, 0.15) is 0 Å². The van der Waals surface area contributed by atoms with Gasteiger partial charge in [0.2, 0.25) is 0 Å². The Hall–Kier alpha value is -0.123. The largest absolute Gasteiger partial charge is 0.414 e. The maximum Gasteiger partial charge on any atom is 0.192 e. The predicted octanol–water partition coefficient (Wildman–Crippen LogP) is 6.70. The van der Waals surface area contributed by atoms with Crippen LogP contribution >= 0.6 is 0 Å². The molecule has 3 rings (SSSR count). The highest BCUT2D eigenvalue weighted by atomic mass is 28.4. The number of rotatable bonds is 5. The average molecular weight is 393 g/mol.